The van der Waals surface area contributed by atoms with E-state index < -0.39 is 6.10 Å². The van der Waals surface area contributed by atoms with Gasteiger partial charge in [0, 0.05) is 43.2 Å². The molecule has 1 saturated heterocycles. The van der Waals surface area contributed by atoms with Crippen LogP contribution in [0.2, 0.25) is 0 Å². The average Bonchev–Trinajstić information content (AvgIpc) is 2.72. The molecule has 2 N–H and O–H groups in total. The molecule has 0 unspecified atom stereocenters. The summed E-state index contributed by atoms with van der Waals surface area (Å²) in [5, 5.41) is 13.7. The third kappa shape index (κ3) is 7.09. The smallest absolute Gasteiger partial charge is 0.123 e. The van der Waals surface area contributed by atoms with E-state index in [1.54, 1.807) is 0 Å². The first-order valence-electron chi connectivity index (χ1n) is 9.85. The highest BCUT2D eigenvalue weighted by molar-refractivity contribution is 7.99. The van der Waals surface area contributed by atoms with Gasteiger partial charge in [0.05, 0.1) is 0 Å². The quantitative estimate of drug-likeness (QED) is 0.596. The molecule has 1 fully saturated rings. The van der Waals surface area contributed by atoms with Crippen LogP contribution in [0, 0.1) is 5.82 Å². The lowest BCUT2D eigenvalue weighted by atomic mass is 10.1. The van der Waals surface area contributed by atoms with Crippen LogP contribution in [-0.4, -0.2) is 60.4 Å². The topological polar surface area (TPSA) is 44.7 Å². The predicted octanol–water partition coefficient (Wildman–Crippen LogP) is 2.95. The van der Waals surface area contributed by atoms with Crippen molar-refractivity contribution in [2.24, 2.45) is 0 Å². The van der Waals surface area contributed by atoms with E-state index in [2.05, 4.69) is 10.2 Å². The normalized spacial score (nSPS) is 16.1. The number of aliphatic hydroxyl groups excluding tert-OH is 1. The molecule has 2 aromatic rings. The van der Waals surface area contributed by atoms with Crippen LogP contribution in [0.3, 0.4) is 0 Å². The Bertz CT molecular complexity index is 708. The minimum Gasteiger partial charge on any atom is -0.491 e. The Hall–Kier alpha value is -1.60. The van der Waals surface area contributed by atoms with Crippen LogP contribution in [0.25, 0.3) is 0 Å². The maximum Gasteiger partial charge on any atom is 0.123 e. The summed E-state index contributed by atoms with van der Waals surface area (Å²) in [5.41, 5.74) is 2.18. The van der Waals surface area contributed by atoms with E-state index >= 15 is 0 Å². The largest absolute Gasteiger partial charge is 0.491 e. The van der Waals surface area contributed by atoms with Gasteiger partial charge in [-0.15, -0.1) is 0 Å². The number of ether oxygens (including phenoxy) is 1. The van der Waals surface area contributed by atoms with E-state index in [-0.39, 0.29) is 5.82 Å². The van der Waals surface area contributed by atoms with Crippen molar-refractivity contribution in [3.05, 3.63) is 65.5 Å². The van der Waals surface area contributed by atoms with Gasteiger partial charge in [-0.3, -0.25) is 4.90 Å². The van der Waals surface area contributed by atoms with E-state index in [4.69, 9.17) is 4.74 Å². The number of halogens is 1. The Labute approximate surface area is 171 Å². The minimum absolute atomic E-state index is 0.204. The van der Waals surface area contributed by atoms with E-state index in [0.717, 1.165) is 54.4 Å². The average molecular weight is 405 g/mol. The van der Waals surface area contributed by atoms with Crippen LogP contribution in [-0.2, 0) is 13.0 Å². The Morgan fingerprint density at radius 3 is 2.64 bits per heavy atom. The molecular formula is C22H29FN2O2S. The fourth-order valence-corrected chi connectivity index (χ4v) is 4.20. The lowest BCUT2D eigenvalue weighted by molar-refractivity contribution is 0.0711. The van der Waals surface area contributed by atoms with Crippen molar-refractivity contribution >= 4 is 11.8 Å². The zero-order chi connectivity index (χ0) is 19.6. The predicted molar refractivity (Wildman–Crippen MR) is 114 cm³/mol. The number of benzene rings is 2. The SMILES string of the molecule is O[C@H](COc1ccccc1CNCCc1ccc(F)cc1)CN1CCSCC1. The van der Waals surface area contributed by atoms with Crippen molar-refractivity contribution < 1.29 is 14.2 Å². The van der Waals surface area contributed by atoms with Crippen molar-refractivity contribution in [1.29, 1.82) is 0 Å². The van der Waals surface area contributed by atoms with Crippen molar-refractivity contribution in [2.75, 3.05) is 44.3 Å². The molecule has 0 saturated carbocycles. The number of aliphatic hydroxyl groups is 1. The third-order valence-corrected chi connectivity index (χ3v) is 5.74. The summed E-state index contributed by atoms with van der Waals surface area (Å²) in [6.45, 7) is 4.54. The van der Waals surface area contributed by atoms with Gasteiger partial charge >= 0.3 is 0 Å². The number of nitrogens with zero attached hydrogens (tertiary/aromatic N) is 1. The fourth-order valence-electron chi connectivity index (χ4n) is 3.22. The van der Waals surface area contributed by atoms with Crippen LogP contribution in [0.1, 0.15) is 11.1 Å². The molecule has 3 rings (SSSR count). The molecule has 1 aliphatic rings. The second-order valence-corrected chi connectivity index (χ2v) is 8.26. The molecule has 1 aliphatic heterocycles. The fraction of sp³-hybridized carbons (Fsp3) is 0.455. The summed E-state index contributed by atoms with van der Waals surface area (Å²) in [4.78, 5) is 2.30. The van der Waals surface area contributed by atoms with Gasteiger partial charge in [0.25, 0.3) is 0 Å². The standard InChI is InChI=1S/C22H29FN2O2S/c23-20-7-5-18(6-8-20)9-10-24-15-19-3-1-2-4-22(19)27-17-21(26)16-25-11-13-28-14-12-25/h1-8,21,24,26H,9-17H2/t21-/m0/s1. The van der Waals surface area contributed by atoms with Crippen molar-refractivity contribution in [3.8, 4) is 5.75 Å². The maximum absolute atomic E-state index is 13.0. The number of para-hydroxylation sites is 1. The van der Waals surface area contributed by atoms with E-state index in [1.807, 2.05) is 48.2 Å². The highest BCUT2D eigenvalue weighted by Crippen LogP contribution is 2.18. The van der Waals surface area contributed by atoms with Gasteiger partial charge in [-0.05, 0) is 36.7 Å². The molecule has 0 amide bonds. The highest BCUT2D eigenvalue weighted by Gasteiger charge is 2.15. The molecule has 0 bridgehead atoms. The Morgan fingerprint density at radius 1 is 1.11 bits per heavy atom. The lowest BCUT2D eigenvalue weighted by Crippen LogP contribution is -2.40. The second-order valence-electron chi connectivity index (χ2n) is 7.04. The Morgan fingerprint density at radius 2 is 1.86 bits per heavy atom. The molecular weight excluding hydrogens is 375 g/mol. The molecule has 0 radical (unpaired) electrons. The molecule has 1 heterocycles. The molecule has 0 aliphatic carbocycles. The summed E-state index contributed by atoms with van der Waals surface area (Å²) < 4.78 is 18.9. The first-order chi connectivity index (χ1) is 13.7. The zero-order valence-electron chi connectivity index (χ0n) is 16.1. The number of nitrogens with one attached hydrogen (secondary N) is 1. The number of hydrogen-bond donors (Lipinski definition) is 2. The lowest BCUT2D eigenvalue weighted by Gasteiger charge is -2.28. The summed E-state index contributed by atoms with van der Waals surface area (Å²) >= 11 is 1.97. The summed E-state index contributed by atoms with van der Waals surface area (Å²) in [5.74, 6) is 2.88. The summed E-state index contributed by atoms with van der Waals surface area (Å²) in [6.07, 6.45) is 0.360. The van der Waals surface area contributed by atoms with Crippen LogP contribution < -0.4 is 10.1 Å². The molecule has 0 aromatic heterocycles. The van der Waals surface area contributed by atoms with Crippen LogP contribution >= 0.6 is 11.8 Å². The van der Waals surface area contributed by atoms with Gasteiger partial charge in [-0.25, -0.2) is 4.39 Å². The zero-order valence-corrected chi connectivity index (χ0v) is 17.0. The second kappa shape index (κ2) is 11.4. The molecule has 2 aromatic carbocycles. The van der Waals surface area contributed by atoms with Crippen molar-refractivity contribution in [2.45, 2.75) is 19.1 Å². The molecule has 4 nitrogen and oxygen atoms in total. The van der Waals surface area contributed by atoms with Gasteiger partial charge in [0.2, 0.25) is 0 Å². The minimum atomic E-state index is -0.484. The molecule has 0 spiro atoms. The van der Waals surface area contributed by atoms with E-state index in [1.165, 1.54) is 12.1 Å². The Kier molecular flexibility index (Phi) is 8.61. The molecule has 152 valence electrons. The van der Waals surface area contributed by atoms with Crippen molar-refractivity contribution in [3.63, 3.8) is 0 Å². The van der Waals surface area contributed by atoms with Gasteiger partial charge in [0.15, 0.2) is 0 Å². The Balaban J connectivity index is 1.41. The van der Waals surface area contributed by atoms with E-state index in [9.17, 15) is 9.50 Å². The third-order valence-electron chi connectivity index (χ3n) is 4.80. The highest BCUT2D eigenvalue weighted by atomic mass is 32.2. The number of thioether (sulfide) groups is 1. The molecule has 1 atom stereocenters. The van der Waals surface area contributed by atoms with Gasteiger partial charge < -0.3 is 15.2 Å². The first kappa shape index (κ1) is 21.1. The number of β-amino-alcohol motifs (C(OH)–C–C–N with tert-alkyl or cyclic N) is 1. The van der Waals surface area contributed by atoms with Gasteiger partial charge in [0.1, 0.15) is 24.3 Å². The number of hydrogen-bond acceptors (Lipinski definition) is 5. The maximum atomic E-state index is 13.0. The summed E-state index contributed by atoms with van der Waals surface area (Å²) in [6, 6.07) is 14.5. The van der Waals surface area contributed by atoms with Crippen molar-refractivity contribution in [1.82, 2.24) is 10.2 Å². The van der Waals surface area contributed by atoms with Crippen LogP contribution in [0.4, 0.5) is 4.39 Å². The van der Waals surface area contributed by atoms with E-state index in [0.29, 0.717) is 19.7 Å². The van der Waals surface area contributed by atoms with Gasteiger partial charge in [-0.1, -0.05) is 30.3 Å². The van der Waals surface area contributed by atoms with Gasteiger partial charge in [-0.2, -0.15) is 11.8 Å². The molecule has 6 heteroatoms. The number of rotatable bonds is 10. The van der Waals surface area contributed by atoms with Crippen LogP contribution in [0.15, 0.2) is 48.5 Å². The summed E-state index contributed by atoms with van der Waals surface area (Å²) in [7, 11) is 0. The first-order valence-corrected chi connectivity index (χ1v) is 11.0. The monoisotopic (exact) mass is 404 g/mol. The molecule has 28 heavy (non-hydrogen) atoms. The van der Waals surface area contributed by atoms with Crippen LogP contribution in [0.5, 0.6) is 5.75 Å².